The van der Waals surface area contributed by atoms with Crippen LogP contribution in [0.25, 0.3) is 10.9 Å². The molecule has 0 amide bonds. The van der Waals surface area contributed by atoms with Gasteiger partial charge in [-0.25, -0.2) is 4.98 Å². The summed E-state index contributed by atoms with van der Waals surface area (Å²) < 4.78 is 1.47. The molecule has 0 aliphatic carbocycles. The topological polar surface area (TPSA) is 58.7 Å². The summed E-state index contributed by atoms with van der Waals surface area (Å²) in [5.74, 6) is 1.16. The lowest BCUT2D eigenvalue weighted by Gasteiger charge is -2.19. The number of fused-ring (bicyclic) bond motifs is 1. The normalized spacial score (nSPS) is 11.5. The first-order valence-electron chi connectivity index (χ1n) is 8.49. The van der Waals surface area contributed by atoms with Crippen molar-refractivity contribution in [2.24, 2.45) is 0 Å². The van der Waals surface area contributed by atoms with E-state index < -0.39 is 0 Å². The Morgan fingerprint density at radius 1 is 1.12 bits per heavy atom. The third kappa shape index (κ3) is 3.81. The van der Waals surface area contributed by atoms with Crippen molar-refractivity contribution in [3.05, 3.63) is 70.3 Å². The van der Waals surface area contributed by atoms with Crippen LogP contribution in [0.15, 0.2) is 58.2 Å². The molecule has 2 aromatic carbocycles. The van der Waals surface area contributed by atoms with E-state index >= 15 is 0 Å². The zero-order valence-corrected chi connectivity index (χ0v) is 16.0. The van der Waals surface area contributed by atoms with Crippen LogP contribution in [0, 0.1) is 11.3 Å². The van der Waals surface area contributed by atoms with Crippen molar-refractivity contribution >= 4 is 22.7 Å². The number of aromatic nitrogens is 2. The lowest BCUT2D eigenvalue weighted by Crippen LogP contribution is -2.24. The predicted octanol–water partition coefficient (Wildman–Crippen LogP) is 4.51. The van der Waals surface area contributed by atoms with E-state index in [0.29, 0.717) is 22.5 Å². The Kier molecular flexibility index (Phi) is 5.15. The third-order valence-electron chi connectivity index (χ3n) is 4.26. The van der Waals surface area contributed by atoms with Gasteiger partial charge >= 0.3 is 0 Å². The molecule has 0 saturated carbocycles. The average Bonchev–Trinajstić information content (AvgIpc) is 2.62. The summed E-state index contributed by atoms with van der Waals surface area (Å²) in [6.07, 6.45) is 0. The van der Waals surface area contributed by atoms with Crippen LogP contribution in [0.2, 0.25) is 0 Å². The van der Waals surface area contributed by atoms with E-state index in [-0.39, 0.29) is 17.5 Å². The fourth-order valence-corrected chi connectivity index (χ4v) is 3.60. The maximum absolute atomic E-state index is 12.7. The highest BCUT2D eigenvalue weighted by Gasteiger charge is 2.14. The molecule has 0 saturated heterocycles. The van der Waals surface area contributed by atoms with Crippen LogP contribution in [0.3, 0.4) is 0 Å². The Morgan fingerprint density at radius 3 is 2.46 bits per heavy atom. The van der Waals surface area contributed by atoms with Gasteiger partial charge in [0, 0.05) is 4.90 Å². The molecule has 0 bridgehead atoms. The molecule has 0 atom stereocenters. The SMILES string of the molecule is CC(C)(C)c1ccc(SCc2nc3ccccc3c(=O)n2CC#N)cc1. The minimum Gasteiger partial charge on any atom is -0.281 e. The number of hydrogen-bond donors (Lipinski definition) is 0. The molecule has 5 heteroatoms. The second-order valence-electron chi connectivity index (χ2n) is 7.16. The number of para-hydroxylation sites is 1. The maximum atomic E-state index is 12.7. The molecule has 0 aliphatic heterocycles. The van der Waals surface area contributed by atoms with E-state index in [4.69, 9.17) is 5.26 Å². The summed E-state index contributed by atoms with van der Waals surface area (Å²) in [5, 5.41) is 9.64. The molecule has 3 rings (SSSR count). The fraction of sp³-hybridized carbons (Fsp3) is 0.286. The predicted molar refractivity (Wildman–Crippen MR) is 106 cm³/mol. The lowest BCUT2D eigenvalue weighted by atomic mass is 9.87. The fourth-order valence-electron chi connectivity index (χ4n) is 2.76. The van der Waals surface area contributed by atoms with Gasteiger partial charge in [-0.3, -0.25) is 9.36 Å². The summed E-state index contributed by atoms with van der Waals surface area (Å²) in [5.41, 5.74) is 1.92. The molecule has 0 N–H and O–H groups in total. The summed E-state index contributed by atoms with van der Waals surface area (Å²) in [4.78, 5) is 18.4. The minimum atomic E-state index is -0.157. The van der Waals surface area contributed by atoms with Crippen molar-refractivity contribution in [3.63, 3.8) is 0 Å². The smallest absolute Gasteiger partial charge is 0.262 e. The highest BCUT2D eigenvalue weighted by Crippen LogP contribution is 2.27. The largest absolute Gasteiger partial charge is 0.281 e. The van der Waals surface area contributed by atoms with E-state index in [2.05, 4.69) is 56.1 Å². The van der Waals surface area contributed by atoms with Gasteiger partial charge in [-0.05, 0) is 35.2 Å². The van der Waals surface area contributed by atoms with E-state index in [0.717, 1.165) is 4.90 Å². The molecule has 26 heavy (non-hydrogen) atoms. The van der Waals surface area contributed by atoms with Gasteiger partial charge in [0.2, 0.25) is 0 Å². The molecule has 0 radical (unpaired) electrons. The molecule has 0 aliphatic rings. The van der Waals surface area contributed by atoms with Gasteiger partial charge in [0.15, 0.2) is 0 Å². The van der Waals surface area contributed by atoms with Crippen molar-refractivity contribution in [1.29, 1.82) is 5.26 Å². The monoisotopic (exact) mass is 363 g/mol. The molecule has 0 spiro atoms. The first-order valence-corrected chi connectivity index (χ1v) is 9.47. The van der Waals surface area contributed by atoms with Crippen molar-refractivity contribution in [3.8, 4) is 6.07 Å². The Morgan fingerprint density at radius 2 is 1.81 bits per heavy atom. The second kappa shape index (κ2) is 7.35. The van der Waals surface area contributed by atoms with Crippen LogP contribution in [0.4, 0.5) is 0 Å². The molecular weight excluding hydrogens is 342 g/mol. The molecule has 4 nitrogen and oxygen atoms in total. The van der Waals surface area contributed by atoms with Crippen LogP contribution < -0.4 is 5.56 Å². The van der Waals surface area contributed by atoms with Crippen LogP contribution in [-0.2, 0) is 17.7 Å². The Bertz CT molecular complexity index is 1020. The Hall–Kier alpha value is -2.58. The van der Waals surface area contributed by atoms with Gasteiger partial charge in [-0.1, -0.05) is 45.0 Å². The minimum absolute atomic E-state index is 0.00945. The van der Waals surface area contributed by atoms with E-state index in [1.54, 1.807) is 17.8 Å². The highest BCUT2D eigenvalue weighted by atomic mass is 32.2. The molecule has 3 aromatic rings. The van der Waals surface area contributed by atoms with Crippen LogP contribution in [0.1, 0.15) is 32.2 Å². The van der Waals surface area contributed by atoms with Gasteiger partial charge in [-0.15, -0.1) is 11.8 Å². The molecular formula is C21H21N3OS. The number of nitriles is 1. The van der Waals surface area contributed by atoms with Crippen molar-refractivity contribution in [1.82, 2.24) is 9.55 Å². The zero-order chi connectivity index (χ0) is 18.7. The first kappa shape index (κ1) is 18.2. The number of thioether (sulfide) groups is 1. The van der Waals surface area contributed by atoms with Gasteiger partial charge < -0.3 is 0 Å². The van der Waals surface area contributed by atoms with Crippen molar-refractivity contribution in [2.45, 2.75) is 43.4 Å². The lowest BCUT2D eigenvalue weighted by molar-refractivity contribution is 0.590. The van der Waals surface area contributed by atoms with Crippen LogP contribution in [0.5, 0.6) is 0 Å². The summed E-state index contributed by atoms with van der Waals surface area (Å²) in [6.45, 7) is 6.58. The van der Waals surface area contributed by atoms with Gasteiger partial charge in [-0.2, -0.15) is 5.26 Å². The molecule has 0 fully saturated rings. The summed E-state index contributed by atoms with van der Waals surface area (Å²) in [7, 11) is 0. The average molecular weight is 363 g/mol. The van der Waals surface area contributed by atoms with Crippen LogP contribution >= 0.6 is 11.8 Å². The highest BCUT2D eigenvalue weighted by molar-refractivity contribution is 7.98. The number of hydrogen-bond acceptors (Lipinski definition) is 4. The summed E-state index contributed by atoms with van der Waals surface area (Å²) in [6, 6.07) is 17.8. The Balaban J connectivity index is 1.90. The molecule has 1 aromatic heterocycles. The Labute approximate surface area is 157 Å². The first-order chi connectivity index (χ1) is 12.4. The van der Waals surface area contributed by atoms with Crippen molar-refractivity contribution < 1.29 is 0 Å². The molecule has 0 unspecified atom stereocenters. The third-order valence-corrected chi connectivity index (χ3v) is 5.27. The molecule has 132 valence electrons. The number of nitrogens with zero attached hydrogens (tertiary/aromatic N) is 3. The number of rotatable bonds is 4. The zero-order valence-electron chi connectivity index (χ0n) is 15.2. The van der Waals surface area contributed by atoms with Gasteiger partial charge in [0.25, 0.3) is 5.56 Å². The van der Waals surface area contributed by atoms with Gasteiger partial charge in [0.05, 0.1) is 22.7 Å². The van der Waals surface area contributed by atoms with E-state index in [1.807, 2.05) is 18.2 Å². The van der Waals surface area contributed by atoms with Crippen LogP contribution in [-0.4, -0.2) is 9.55 Å². The molecule has 1 heterocycles. The van der Waals surface area contributed by atoms with Crippen molar-refractivity contribution in [2.75, 3.05) is 0 Å². The van der Waals surface area contributed by atoms with Gasteiger partial charge in [0.1, 0.15) is 12.4 Å². The quantitative estimate of drug-likeness (QED) is 0.640. The van der Waals surface area contributed by atoms with E-state index in [9.17, 15) is 4.79 Å². The van der Waals surface area contributed by atoms with E-state index in [1.165, 1.54) is 10.1 Å². The number of benzene rings is 2. The maximum Gasteiger partial charge on any atom is 0.262 e. The standard InChI is InChI=1S/C21H21N3OS/c1-21(2,3)15-8-10-16(11-9-15)26-14-19-23-18-7-5-4-6-17(18)20(25)24(19)13-12-22/h4-11H,13-14H2,1-3H3. The second-order valence-corrected chi connectivity index (χ2v) is 8.21. The summed E-state index contributed by atoms with van der Waals surface area (Å²) >= 11 is 1.62.